The van der Waals surface area contributed by atoms with E-state index in [9.17, 15) is 9.59 Å². The highest BCUT2D eigenvalue weighted by atomic mass is 16.5. The van der Waals surface area contributed by atoms with Crippen molar-refractivity contribution in [2.75, 3.05) is 19.7 Å². The molecule has 0 saturated carbocycles. The average molecular weight is 328 g/mol. The van der Waals surface area contributed by atoms with E-state index >= 15 is 0 Å². The molecule has 1 aromatic carbocycles. The minimum atomic E-state index is -0.154. The maximum Gasteiger partial charge on any atom is 0.286 e. The Balaban J connectivity index is 1.43. The van der Waals surface area contributed by atoms with Gasteiger partial charge >= 0.3 is 0 Å². The fourth-order valence-corrected chi connectivity index (χ4v) is 3.13. The monoisotopic (exact) mass is 328 g/mol. The van der Waals surface area contributed by atoms with Gasteiger partial charge in [0.1, 0.15) is 0 Å². The van der Waals surface area contributed by atoms with Gasteiger partial charge in [-0.3, -0.25) is 9.59 Å². The molecule has 2 amide bonds. The molecule has 24 heavy (non-hydrogen) atoms. The summed E-state index contributed by atoms with van der Waals surface area (Å²) in [4.78, 5) is 26.3. The van der Waals surface area contributed by atoms with Crippen LogP contribution >= 0.6 is 0 Å². The quantitative estimate of drug-likeness (QED) is 0.900. The lowest BCUT2D eigenvalue weighted by Gasteiger charge is -2.19. The van der Waals surface area contributed by atoms with E-state index < -0.39 is 0 Å². The number of aryl methyl sites for hydroxylation is 1. The Bertz CT molecular complexity index is 612. The number of hydrogen-bond acceptors (Lipinski definition) is 3. The summed E-state index contributed by atoms with van der Waals surface area (Å²) in [6, 6.07) is 10.1. The van der Waals surface area contributed by atoms with Gasteiger partial charge in [0.05, 0.1) is 6.61 Å². The van der Waals surface area contributed by atoms with Crippen molar-refractivity contribution in [3.05, 3.63) is 47.7 Å². The summed E-state index contributed by atoms with van der Waals surface area (Å²) >= 11 is 0. The highest BCUT2D eigenvalue weighted by Crippen LogP contribution is 2.15. The minimum absolute atomic E-state index is 0.0181. The number of hydrogen-bond donors (Lipinski definition) is 1. The zero-order valence-electron chi connectivity index (χ0n) is 13.9. The lowest BCUT2D eigenvalue weighted by Crippen LogP contribution is -2.39. The first-order valence-electron chi connectivity index (χ1n) is 8.68. The van der Waals surface area contributed by atoms with Gasteiger partial charge in [-0.2, -0.15) is 0 Å². The standard InChI is InChI=1S/C19H24N2O3/c22-18(10-9-15-6-2-1-3-7-15)21-12-11-16(14-21)20-19(23)17-8-4-5-13-24-17/h1-3,6-8,16H,4-5,9-14H2,(H,20,23)/t16-/m1/s1. The van der Waals surface area contributed by atoms with Crippen LogP contribution in [0.1, 0.15) is 31.2 Å². The number of allylic oxidation sites excluding steroid dienone is 1. The summed E-state index contributed by atoms with van der Waals surface area (Å²) in [5, 5.41) is 2.98. The fraction of sp³-hybridized carbons (Fsp3) is 0.474. The molecule has 0 bridgehead atoms. The van der Waals surface area contributed by atoms with Crippen LogP contribution in [-0.2, 0) is 20.7 Å². The molecule has 5 nitrogen and oxygen atoms in total. The molecule has 1 atom stereocenters. The van der Waals surface area contributed by atoms with Crippen LogP contribution in [0.3, 0.4) is 0 Å². The van der Waals surface area contributed by atoms with Gasteiger partial charge in [0, 0.05) is 25.6 Å². The Morgan fingerprint density at radius 3 is 2.83 bits per heavy atom. The maximum absolute atomic E-state index is 12.3. The number of carbonyl (C=O) groups is 2. The zero-order valence-corrected chi connectivity index (χ0v) is 13.9. The molecule has 3 rings (SSSR count). The molecule has 2 heterocycles. The highest BCUT2D eigenvalue weighted by Gasteiger charge is 2.28. The normalized spacial score (nSPS) is 20.2. The third-order valence-corrected chi connectivity index (χ3v) is 4.51. The second-order valence-electron chi connectivity index (χ2n) is 6.34. The molecule has 0 aromatic heterocycles. The van der Waals surface area contributed by atoms with Gasteiger partial charge < -0.3 is 15.0 Å². The molecule has 2 aliphatic heterocycles. The number of rotatable bonds is 5. The van der Waals surface area contributed by atoms with Crippen LogP contribution in [0.25, 0.3) is 0 Å². The van der Waals surface area contributed by atoms with Gasteiger partial charge in [0.25, 0.3) is 5.91 Å². The number of carbonyl (C=O) groups excluding carboxylic acids is 2. The summed E-state index contributed by atoms with van der Waals surface area (Å²) in [6.07, 6.45) is 5.76. The Labute approximate surface area is 142 Å². The first-order valence-corrected chi connectivity index (χ1v) is 8.68. The lowest BCUT2D eigenvalue weighted by molar-refractivity contribution is -0.130. The van der Waals surface area contributed by atoms with Crippen molar-refractivity contribution in [2.24, 2.45) is 0 Å². The molecule has 1 N–H and O–H groups in total. The highest BCUT2D eigenvalue weighted by molar-refractivity contribution is 5.91. The summed E-state index contributed by atoms with van der Waals surface area (Å²) in [7, 11) is 0. The first kappa shape index (κ1) is 16.6. The molecule has 1 fully saturated rings. The van der Waals surface area contributed by atoms with Gasteiger partial charge in [-0.05, 0) is 37.3 Å². The summed E-state index contributed by atoms with van der Waals surface area (Å²) in [6.45, 7) is 1.90. The third kappa shape index (κ3) is 4.37. The predicted octanol–water partition coefficient (Wildman–Crippen LogP) is 2.03. The van der Waals surface area contributed by atoms with Crippen molar-refractivity contribution >= 4 is 11.8 Å². The van der Waals surface area contributed by atoms with E-state index in [1.54, 1.807) is 0 Å². The van der Waals surface area contributed by atoms with Crippen molar-refractivity contribution in [2.45, 2.75) is 38.1 Å². The number of benzene rings is 1. The van der Waals surface area contributed by atoms with Crippen molar-refractivity contribution in [1.82, 2.24) is 10.2 Å². The Morgan fingerprint density at radius 1 is 1.25 bits per heavy atom. The molecule has 5 heteroatoms. The topological polar surface area (TPSA) is 58.6 Å². The van der Waals surface area contributed by atoms with E-state index in [4.69, 9.17) is 4.74 Å². The molecule has 0 unspecified atom stereocenters. The van der Waals surface area contributed by atoms with Gasteiger partial charge in [0.2, 0.25) is 5.91 Å². The first-order chi connectivity index (χ1) is 11.7. The maximum atomic E-state index is 12.3. The minimum Gasteiger partial charge on any atom is -0.488 e. The van der Waals surface area contributed by atoms with Gasteiger partial charge in [0.15, 0.2) is 5.76 Å². The molecule has 0 radical (unpaired) electrons. The number of amides is 2. The Kier molecular flexibility index (Phi) is 5.51. The van der Waals surface area contributed by atoms with Crippen molar-refractivity contribution < 1.29 is 14.3 Å². The van der Waals surface area contributed by atoms with Gasteiger partial charge in [-0.15, -0.1) is 0 Å². The molecular weight excluding hydrogens is 304 g/mol. The number of likely N-dealkylation sites (tertiary alicyclic amines) is 1. The van der Waals surface area contributed by atoms with E-state index in [1.165, 1.54) is 5.56 Å². The van der Waals surface area contributed by atoms with Crippen LogP contribution in [0.5, 0.6) is 0 Å². The van der Waals surface area contributed by atoms with Crippen LogP contribution in [0.2, 0.25) is 0 Å². The summed E-state index contributed by atoms with van der Waals surface area (Å²) in [5.41, 5.74) is 1.18. The molecule has 128 valence electrons. The summed E-state index contributed by atoms with van der Waals surface area (Å²) in [5.74, 6) is 0.428. The molecular formula is C19H24N2O3. The van der Waals surface area contributed by atoms with E-state index in [-0.39, 0.29) is 17.9 Å². The molecule has 1 saturated heterocycles. The molecule has 0 aliphatic carbocycles. The van der Waals surface area contributed by atoms with E-state index in [2.05, 4.69) is 5.32 Å². The zero-order chi connectivity index (χ0) is 16.8. The summed E-state index contributed by atoms with van der Waals surface area (Å²) < 4.78 is 5.38. The third-order valence-electron chi connectivity index (χ3n) is 4.51. The second-order valence-corrected chi connectivity index (χ2v) is 6.34. The molecule has 2 aliphatic rings. The number of ether oxygens (including phenoxy) is 1. The van der Waals surface area contributed by atoms with Crippen molar-refractivity contribution in [1.29, 1.82) is 0 Å². The lowest BCUT2D eigenvalue weighted by atomic mass is 10.1. The van der Waals surface area contributed by atoms with Crippen LogP contribution in [0.4, 0.5) is 0 Å². The van der Waals surface area contributed by atoms with Crippen LogP contribution < -0.4 is 5.32 Å². The van der Waals surface area contributed by atoms with Crippen LogP contribution in [0, 0.1) is 0 Å². The Hall–Kier alpha value is -2.30. The predicted molar refractivity (Wildman–Crippen MR) is 91.2 cm³/mol. The van der Waals surface area contributed by atoms with E-state index in [0.717, 1.165) is 25.7 Å². The Morgan fingerprint density at radius 2 is 2.08 bits per heavy atom. The van der Waals surface area contributed by atoms with E-state index in [1.807, 2.05) is 41.3 Å². The van der Waals surface area contributed by atoms with Gasteiger partial charge in [-0.25, -0.2) is 0 Å². The number of nitrogens with one attached hydrogen (secondary N) is 1. The smallest absolute Gasteiger partial charge is 0.286 e. The van der Waals surface area contributed by atoms with Crippen LogP contribution in [0.15, 0.2) is 42.2 Å². The second kappa shape index (κ2) is 7.99. The largest absolute Gasteiger partial charge is 0.488 e. The van der Waals surface area contributed by atoms with E-state index in [0.29, 0.717) is 31.9 Å². The SMILES string of the molecule is O=C(N[C@@H]1CCN(C(=O)CCc2ccccc2)C1)C1=CCCCO1. The van der Waals surface area contributed by atoms with Gasteiger partial charge in [-0.1, -0.05) is 30.3 Å². The van der Waals surface area contributed by atoms with Crippen molar-refractivity contribution in [3.63, 3.8) is 0 Å². The van der Waals surface area contributed by atoms with Crippen LogP contribution in [-0.4, -0.2) is 42.5 Å². The number of nitrogens with zero attached hydrogens (tertiary/aromatic N) is 1. The van der Waals surface area contributed by atoms with Crippen molar-refractivity contribution in [3.8, 4) is 0 Å². The molecule has 0 spiro atoms. The fourth-order valence-electron chi connectivity index (χ4n) is 3.13. The molecule has 1 aromatic rings. The average Bonchev–Trinajstić information content (AvgIpc) is 3.10.